The first-order chi connectivity index (χ1) is 30.1. The number of quaternary nitrogens is 1. The van der Waals surface area contributed by atoms with Gasteiger partial charge < -0.3 is 33.3 Å². The minimum atomic E-state index is -1.62. The molecule has 0 radical (unpaired) electrons. The number of carbonyl (C=O) groups excluding carboxylic acids is 3. The largest absolute Gasteiger partial charge is 0.545 e. The van der Waals surface area contributed by atoms with Crippen molar-refractivity contribution in [1.29, 1.82) is 0 Å². The molecule has 0 heterocycles. The maximum absolute atomic E-state index is 12.8. The average Bonchev–Trinajstić information content (AvgIpc) is 3.23. The minimum absolute atomic E-state index is 0.147. The maximum atomic E-state index is 12.8. The molecule has 0 N–H and O–H groups in total. The van der Waals surface area contributed by atoms with Gasteiger partial charge in [-0.2, -0.15) is 0 Å². The Morgan fingerprint density at radius 2 is 0.903 bits per heavy atom. The lowest BCUT2D eigenvalue weighted by molar-refractivity contribution is -0.870. The molecule has 0 rings (SSSR count). The normalized spacial score (nSPS) is 13.0. The Balaban J connectivity index is 4.21. The fourth-order valence-electron chi connectivity index (χ4n) is 7.40. The first-order valence-corrected chi connectivity index (χ1v) is 26.0. The van der Waals surface area contributed by atoms with Gasteiger partial charge in [0, 0.05) is 12.8 Å². The molecule has 0 saturated carbocycles. The monoisotopic (exact) mass is 878 g/mol. The summed E-state index contributed by atoms with van der Waals surface area (Å²) in [4.78, 5) is 37.1. The number of hydrogen-bond donors (Lipinski definition) is 0. The van der Waals surface area contributed by atoms with Gasteiger partial charge in [0.25, 0.3) is 0 Å². The fraction of sp³-hybridized carbons (Fsp3) is 0.868. The number of unbranched alkanes of at least 4 members (excludes halogenated alkanes) is 29. The van der Waals surface area contributed by atoms with E-state index in [1.807, 2.05) is 21.1 Å². The number of aliphatic carboxylic acids is 1. The van der Waals surface area contributed by atoms with E-state index in [-0.39, 0.29) is 32.2 Å². The summed E-state index contributed by atoms with van der Waals surface area (Å²) >= 11 is 0. The minimum Gasteiger partial charge on any atom is -0.545 e. The van der Waals surface area contributed by atoms with Crippen molar-refractivity contribution in [2.45, 2.75) is 251 Å². The van der Waals surface area contributed by atoms with Crippen molar-refractivity contribution >= 4 is 17.9 Å². The van der Waals surface area contributed by atoms with Crippen molar-refractivity contribution in [3.05, 3.63) is 24.3 Å². The molecule has 62 heavy (non-hydrogen) atoms. The summed E-state index contributed by atoms with van der Waals surface area (Å²) in [5, 5.41) is 11.7. The molecule has 2 unspecified atom stereocenters. The van der Waals surface area contributed by atoms with E-state index in [9.17, 15) is 19.5 Å². The number of carboxylic acids is 1. The number of carboxylic acid groups (broad SMARTS) is 1. The third kappa shape index (κ3) is 45.8. The molecule has 0 saturated heterocycles. The van der Waals surface area contributed by atoms with E-state index < -0.39 is 24.3 Å². The van der Waals surface area contributed by atoms with E-state index in [0.29, 0.717) is 23.9 Å². The number of esters is 2. The van der Waals surface area contributed by atoms with Crippen LogP contribution in [0.3, 0.4) is 0 Å². The summed E-state index contributed by atoms with van der Waals surface area (Å²) in [7, 11) is 5.91. The molecular weight excluding hydrogens is 779 g/mol. The first-order valence-electron chi connectivity index (χ1n) is 26.0. The molecule has 0 aromatic carbocycles. The van der Waals surface area contributed by atoms with E-state index in [1.54, 1.807) is 0 Å². The lowest BCUT2D eigenvalue weighted by Crippen LogP contribution is -2.44. The first kappa shape index (κ1) is 59.8. The number of rotatable bonds is 48. The van der Waals surface area contributed by atoms with Crippen molar-refractivity contribution in [1.82, 2.24) is 0 Å². The van der Waals surface area contributed by atoms with Crippen LogP contribution in [0.15, 0.2) is 24.3 Å². The molecule has 0 aromatic rings. The van der Waals surface area contributed by atoms with Crippen LogP contribution in [0.5, 0.6) is 0 Å². The van der Waals surface area contributed by atoms with E-state index >= 15 is 0 Å². The van der Waals surface area contributed by atoms with Gasteiger partial charge in [0.15, 0.2) is 12.4 Å². The lowest BCUT2D eigenvalue weighted by Gasteiger charge is -2.26. The molecule has 9 heteroatoms. The van der Waals surface area contributed by atoms with Gasteiger partial charge in [-0.3, -0.25) is 9.59 Å². The Labute approximate surface area is 382 Å². The van der Waals surface area contributed by atoms with Crippen molar-refractivity contribution < 1.29 is 42.9 Å². The Morgan fingerprint density at radius 3 is 1.34 bits per heavy atom. The summed E-state index contributed by atoms with van der Waals surface area (Å²) < 4.78 is 22.6. The average molecular weight is 878 g/mol. The molecule has 0 aliphatic rings. The lowest BCUT2D eigenvalue weighted by atomic mass is 10.0. The zero-order valence-corrected chi connectivity index (χ0v) is 41.3. The van der Waals surface area contributed by atoms with Gasteiger partial charge in [-0.15, -0.1) is 0 Å². The van der Waals surface area contributed by atoms with Crippen molar-refractivity contribution in [3.8, 4) is 0 Å². The van der Waals surface area contributed by atoms with E-state index in [4.69, 9.17) is 18.9 Å². The predicted octanol–water partition coefficient (Wildman–Crippen LogP) is 13.1. The Bertz CT molecular complexity index is 1070. The van der Waals surface area contributed by atoms with Crippen LogP contribution in [0.4, 0.5) is 0 Å². The van der Waals surface area contributed by atoms with Crippen LogP contribution in [0.1, 0.15) is 239 Å². The third-order valence-corrected chi connectivity index (χ3v) is 11.4. The number of allylic oxidation sites excluding steroid dienone is 4. The fourth-order valence-corrected chi connectivity index (χ4v) is 7.40. The highest BCUT2D eigenvalue weighted by Gasteiger charge is 2.22. The second-order valence-corrected chi connectivity index (χ2v) is 18.8. The van der Waals surface area contributed by atoms with Crippen LogP contribution in [0.2, 0.25) is 0 Å². The Hall–Kier alpha value is -2.23. The maximum Gasteiger partial charge on any atom is 0.306 e. The highest BCUT2D eigenvalue weighted by molar-refractivity contribution is 5.70. The highest BCUT2D eigenvalue weighted by Crippen LogP contribution is 2.17. The number of hydrogen-bond acceptors (Lipinski definition) is 8. The third-order valence-electron chi connectivity index (χ3n) is 11.4. The molecule has 0 aliphatic carbocycles. The van der Waals surface area contributed by atoms with Crippen molar-refractivity contribution in [2.24, 2.45) is 0 Å². The Kier molecular flexibility index (Phi) is 43.7. The number of carbonyl (C=O) groups is 3. The van der Waals surface area contributed by atoms with E-state index in [2.05, 4.69) is 38.2 Å². The SMILES string of the molecule is CCC/C=C\C/C=C\CCCCCCCC(=O)OC(COC(=O)CCCCCCCCCCCCCCCCCCCCCCCCCC)COC(OCC[N+](C)(C)C)C(=O)[O-]. The van der Waals surface area contributed by atoms with Gasteiger partial charge in [-0.25, -0.2) is 0 Å². The van der Waals surface area contributed by atoms with Crippen LogP contribution in [-0.2, 0) is 33.3 Å². The van der Waals surface area contributed by atoms with Gasteiger partial charge in [0.2, 0.25) is 0 Å². The van der Waals surface area contributed by atoms with E-state index in [0.717, 1.165) is 64.2 Å². The number of nitrogens with zero attached hydrogens (tertiary/aromatic N) is 1. The molecule has 0 aliphatic heterocycles. The zero-order valence-electron chi connectivity index (χ0n) is 41.3. The summed E-state index contributed by atoms with van der Waals surface area (Å²) in [5.74, 6) is -2.29. The summed E-state index contributed by atoms with van der Waals surface area (Å²) in [5.41, 5.74) is 0. The zero-order chi connectivity index (χ0) is 45.6. The van der Waals surface area contributed by atoms with Crippen molar-refractivity contribution in [3.63, 3.8) is 0 Å². The summed E-state index contributed by atoms with van der Waals surface area (Å²) in [6.07, 6.45) is 48.0. The molecule has 0 spiro atoms. The topological polar surface area (TPSA) is 111 Å². The molecule has 364 valence electrons. The van der Waals surface area contributed by atoms with Gasteiger partial charge in [-0.1, -0.05) is 212 Å². The van der Waals surface area contributed by atoms with Crippen LogP contribution in [-0.4, -0.2) is 82.3 Å². The second-order valence-electron chi connectivity index (χ2n) is 18.8. The van der Waals surface area contributed by atoms with Gasteiger partial charge >= 0.3 is 11.9 Å². The van der Waals surface area contributed by atoms with Gasteiger partial charge in [0.1, 0.15) is 13.2 Å². The summed E-state index contributed by atoms with van der Waals surface area (Å²) in [6.45, 7) is 4.69. The molecule has 0 fully saturated rings. The molecule has 2 atom stereocenters. The molecule has 0 aromatic heterocycles. The van der Waals surface area contributed by atoms with Gasteiger partial charge in [0.05, 0.1) is 40.3 Å². The number of likely N-dealkylation sites (N-methyl/N-ethyl adjacent to an activating group) is 1. The summed E-state index contributed by atoms with van der Waals surface area (Å²) in [6, 6.07) is 0. The molecule has 0 bridgehead atoms. The second kappa shape index (κ2) is 45.3. The van der Waals surface area contributed by atoms with Crippen molar-refractivity contribution in [2.75, 3.05) is 47.5 Å². The van der Waals surface area contributed by atoms with Crippen LogP contribution in [0.25, 0.3) is 0 Å². The van der Waals surface area contributed by atoms with Crippen LogP contribution >= 0.6 is 0 Å². The Morgan fingerprint density at radius 1 is 0.484 bits per heavy atom. The molecular formula is C53H99NO8. The molecule has 0 amide bonds. The highest BCUT2D eigenvalue weighted by atomic mass is 16.7. The smallest absolute Gasteiger partial charge is 0.306 e. The quantitative estimate of drug-likeness (QED) is 0.0195. The van der Waals surface area contributed by atoms with E-state index in [1.165, 1.54) is 141 Å². The predicted molar refractivity (Wildman–Crippen MR) is 256 cm³/mol. The number of ether oxygens (including phenoxy) is 4. The molecule has 9 nitrogen and oxygen atoms in total. The van der Waals surface area contributed by atoms with Crippen LogP contribution in [0, 0.1) is 0 Å². The standard InChI is InChI=1S/C53H99NO8/c1-6-8-10-12-14-16-18-20-21-22-23-24-25-26-27-28-29-30-32-33-35-37-39-41-43-50(55)60-47-49(48-61-53(52(57)58)59-46-45-54(3,4)5)62-51(56)44-42-40-38-36-34-31-19-17-15-13-11-9-7-2/h11,13,17,19,49,53H,6-10,12,14-16,18,20-48H2,1-5H3/b13-11-,19-17-. The van der Waals surface area contributed by atoms with Crippen LogP contribution < -0.4 is 5.11 Å². The van der Waals surface area contributed by atoms with Gasteiger partial charge in [-0.05, 0) is 38.5 Å².